The molecule has 2 fully saturated rings. The molecule has 1 aromatic rings. The summed E-state index contributed by atoms with van der Waals surface area (Å²) in [4.78, 5) is 30.4. The first-order chi connectivity index (χ1) is 12.6. The molecular formula is C19H27ClN4O2. The van der Waals surface area contributed by atoms with Gasteiger partial charge in [0.1, 0.15) is 0 Å². The monoisotopic (exact) mass is 378 g/mol. The van der Waals surface area contributed by atoms with E-state index >= 15 is 0 Å². The Labute approximate surface area is 160 Å². The Balaban J connectivity index is 1.33. The molecule has 1 aromatic carbocycles. The fourth-order valence-corrected chi connectivity index (χ4v) is 3.59. The van der Waals surface area contributed by atoms with E-state index in [-0.39, 0.29) is 18.4 Å². The van der Waals surface area contributed by atoms with Gasteiger partial charge in [-0.3, -0.25) is 19.4 Å². The van der Waals surface area contributed by atoms with Crippen LogP contribution in [0.5, 0.6) is 0 Å². The summed E-state index contributed by atoms with van der Waals surface area (Å²) in [5.41, 5.74) is 1.25. The second kappa shape index (κ2) is 9.35. The van der Waals surface area contributed by atoms with Gasteiger partial charge in [0.25, 0.3) is 0 Å². The zero-order chi connectivity index (χ0) is 18.4. The van der Waals surface area contributed by atoms with Crippen molar-refractivity contribution in [2.24, 2.45) is 0 Å². The topological polar surface area (TPSA) is 55.9 Å². The van der Waals surface area contributed by atoms with Crippen LogP contribution in [0.4, 0.5) is 0 Å². The van der Waals surface area contributed by atoms with Gasteiger partial charge in [-0.05, 0) is 30.5 Å². The van der Waals surface area contributed by atoms with Crippen LogP contribution in [0, 0.1) is 0 Å². The fourth-order valence-electron chi connectivity index (χ4n) is 3.47. The molecule has 2 aliphatic rings. The molecule has 0 aliphatic carbocycles. The number of amides is 2. The third-order valence-electron chi connectivity index (χ3n) is 5.05. The number of carbonyl (C=O) groups is 2. The maximum Gasteiger partial charge on any atom is 0.241 e. The zero-order valence-corrected chi connectivity index (χ0v) is 15.9. The molecule has 0 bridgehead atoms. The van der Waals surface area contributed by atoms with Crippen LogP contribution in [-0.4, -0.2) is 78.9 Å². The largest absolute Gasteiger partial charge is 0.346 e. The Morgan fingerprint density at radius 2 is 1.54 bits per heavy atom. The maximum atomic E-state index is 12.1. The van der Waals surface area contributed by atoms with E-state index in [0.717, 1.165) is 63.7 Å². The van der Waals surface area contributed by atoms with Gasteiger partial charge in [-0.25, -0.2) is 0 Å². The molecule has 0 radical (unpaired) electrons. The normalized spacial score (nSPS) is 18.9. The summed E-state index contributed by atoms with van der Waals surface area (Å²) in [5, 5.41) is 3.52. The van der Waals surface area contributed by atoms with Crippen molar-refractivity contribution in [1.82, 2.24) is 20.0 Å². The van der Waals surface area contributed by atoms with Crippen LogP contribution in [0.1, 0.15) is 18.4 Å². The van der Waals surface area contributed by atoms with Crippen molar-refractivity contribution in [2.75, 3.05) is 52.4 Å². The predicted octanol–water partition coefficient (Wildman–Crippen LogP) is 1.20. The van der Waals surface area contributed by atoms with E-state index in [0.29, 0.717) is 6.54 Å². The number of carbonyl (C=O) groups excluding carboxylic acids is 2. The van der Waals surface area contributed by atoms with Gasteiger partial charge in [0.05, 0.1) is 13.1 Å². The highest BCUT2D eigenvalue weighted by Gasteiger charge is 2.21. The first-order valence-corrected chi connectivity index (χ1v) is 9.71. The number of benzene rings is 1. The van der Waals surface area contributed by atoms with E-state index in [9.17, 15) is 9.59 Å². The highest BCUT2D eigenvalue weighted by molar-refractivity contribution is 6.30. The summed E-state index contributed by atoms with van der Waals surface area (Å²) in [7, 11) is 0. The van der Waals surface area contributed by atoms with Crippen LogP contribution in [0.2, 0.25) is 5.02 Å². The Morgan fingerprint density at radius 3 is 2.19 bits per heavy atom. The number of halogens is 1. The molecule has 0 saturated carbocycles. The molecule has 26 heavy (non-hydrogen) atoms. The van der Waals surface area contributed by atoms with E-state index in [1.165, 1.54) is 5.56 Å². The second-order valence-electron chi connectivity index (χ2n) is 7.04. The van der Waals surface area contributed by atoms with Gasteiger partial charge < -0.3 is 10.2 Å². The molecule has 2 saturated heterocycles. The molecule has 142 valence electrons. The van der Waals surface area contributed by atoms with E-state index in [1.54, 1.807) is 0 Å². The predicted molar refractivity (Wildman–Crippen MR) is 102 cm³/mol. The Kier molecular flexibility index (Phi) is 6.88. The van der Waals surface area contributed by atoms with E-state index in [4.69, 9.17) is 11.6 Å². The lowest BCUT2D eigenvalue weighted by Crippen LogP contribution is -2.50. The Morgan fingerprint density at radius 1 is 0.923 bits per heavy atom. The van der Waals surface area contributed by atoms with Crippen molar-refractivity contribution in [3.63, 3.8) is 0 Å². The number of rotatable bonds is 6. The standard InChI is InChI=1S/C19H27ClN4O2/c20-17-5-3-16(4-6-17)14-22-9-11-23(12-10-22)15-18(25)21-13-19(26)24-7-1-2-8-24/h3-6H,1-2,7-15H2,(H,21,25). The molecule has 0 aromatic heterocycles. The van der Waals surface area contributed by atoms with Crippen LogP contribution >= 0.6 is 11.6 Å². The van der Waals surface area contributed by atoms with Crippen molar-refractivity contribution in [3.05, 3.63) is 34.9 Å². The van der Waals surface area contributed by atoms with Crippen molar-refractivity contribution < 1.29 is 9.59 Å². The third kappa shape index (κ3) is 5.69. The molecule has 2 aliphatic heterocycles. The Hall–Kier alpha value is -1.63. The van der Waals surface area contributed by atoms with Gasteiger partial charge in [-0.15, -0.1) is 0 Å². The average Bonchev–Trinajstić information content (AvgIpc) is 3.18. The second-order valence-corrected chi connectivity index (χ2v) is 7.48. The van der Waals surface area contributed by atoms with Crippen LogP contribution in [-0.2, 0) is 16.1 Å². The Bertz CT molecular complexity index is 608. The molecule has 6 nitrogen and oxygen atoms in total. The molecule has 7 heteroatoms. The van der Waals surface area contributed by atoms with Crippen LogP contribution in [0.25, 0.3) is 0 Å². The summed E-state index contributed by atoms with van der Waals surface area (Å²) in [6.45, 7) is 6.63. The molecule has 2 amide bonds. The summed E-state index contributed by atoms with van der Waals surface area (Å²) >= 11 is 5.92. The minimum atomic E-state index is -0.0660. The molecule has 2 heterocycles. The first kappa shape index (κ1) is 19.1. The number of likely N-dealkylation sites (tertiary alicyclic amines) is 1. The highest BCUT2D eigenvalue weighted by Crippen LogP contribution is 2.13. The van der Waals surface area contributed by atoms with Crippen molar-refractivity contribution in [2.45, 2.75) is 19.4 Å². The van der Waals surface area contributed by atoms with Crippen molar-refractivity contribution in [3.8, 4) is 0 Å². The van der Waals surface area contributed by atoms with E-state index in [2.05, 4.69) is 27.2 Å². The van der Waals surface area contributed by atoms with Gasteiger partial charge in [0.15, 0.2) is 0 Å². The van der Waals surface area contributed by atoms with Crippen molar-refractivity contribution >= 4 is 23.4 Å². The lowest BCUT2D eigenvalue weighted by Gasteiger charge is -2.34. The first-order valence-electron chi connectivity index (χ1n) is 9.34. The van der Waals surface area contributed by atoms with Gasteiger partial charge in [0, 0.05) is 50.8 Å². The van der Waals surface area contributed by atoms with Gasteiger partial charge >= 0.3 is 0 Å². The number of nitrogens with zero attached hydrogens (tertiary/aromatic N) is 3. The summed E-state index contributed by atoms with van der Waals surface area (Å²) < 4.78 is 0. The SMILES string of the molecule is O=C(CN1CCN(Cc2ccc(Cl)cc2)CC1)NCC(=O)N1CCCC1. The molecule has 1 N–H and O–H groups in total. The summed E-state index contributed by atoms with van der Waals surface area (Å²) in [6, 6.07) is 7.95. The highest BCUT2D eigenvalue weighted by atomic mass is 35.5. The average molecular weight is 379 g/mol. The van der Waals surface area contributed by atoms with Crippen LogP contribution in [0.15, 0.2) is 24.3 Å². The van der Waals surface area contributed by atoms with Gasteiger partial charge in [-0.1, -0.05) is 23.7 Å². The molecule has 0 atom stereocenters. The summed E-state index contributed by atoms with van der Waals surface area (Å²) in [5.74, 6) is -0.0349. The van der Waals surface area contributed by atoms with Crippen LogP contribution < -0.4 is 5.32 Å². The lowest BCUT2D eigenvalue weighted by molar-refractivity contribution is -0.132. The number of hydrogen-bond acceptors (Lipinski definition) is 4. The van der Waals surface area contributed by atoms with Gasteiger partial charge in [0.2, 0.25) is 11.8 Å². The minimum Gasteiger partial charge on any atom is -0.346 e. The quantitative estimate of drug-likeness (QED) is 0.808. The molecule has 3 rings (SSSR count). The number of piperazine rings is 1. The molecular weight excluding hydrogens is 352 g/mol. The third-order valence-corrected chi connectivity index (χ3v) is 5.30. The smallest absolute Gasteiger partial charge is 0.241 e. The summed E-state index contributed by atoms with van der Waals surface area (Å²) in [6.07, 6.45) is 2.14. The van der Waals surface area contributed by atoms with E-state index in [1.807, 2.05) is 17.0 Å². The number of hydrogen-bond donors (Lipinski definition) is 1. The number of nitrogens with one attached hydrogen (secondary N) is 1. The van der Waals surface area contributed by atoms with E-state index < -0.39 is 0 Å². The lowest BCUT2D eigenvalue weighted by atomic mass is 10.2. The van der Waals surface area contributed by atoms with Gasteiger partial charge in [-0.2, -0.15) is 0 Å². The molecule has 0 spiro atoms. The minimum absolute atomic E-state index is 0.0311. The zero-order valence-electron chi connectivity index (χ0n) is 15.1. The van der Waals surface area contributed by atoms with Crippen LogP contribution in [0.3, 0.4) is 0 Å². The fraction of sp³-hybridized carbons (Fsp3) is 0.579. The van der Waals surface area contributed by atoms with Crippen molar-refractivity contribution in [1.29, 1.82) is 0 Å². The maximum absolute atomic E-state index is 12.1. The molecule has 0 unspecified atom stereocenters.